The van der Waals surface area contributed by atoms with Gasteiger partial charge in [-0.1, -0.05) is 6.92 Å². The number of benzene rings is 1. The summed E-state index contributed by atoms with van der Waals surface area (Å²) in [6, 6.07) is 1.02. The fourth-order valence-electron chi connectivity index (χ4n) is 3.20. The molecule has 3 N–H and O–H groups in total. The van der Waals surface area contributed by atoms with Gasteiger partial charge in [0.05, 0.1) is 10.4 Å². The molecule has 0 saturated heterocycles. The highest BCUT2D eigenvalue weighted by molar-refractivity contribution is 7.90. The third-order valence-corrected chi connectivity index (χ3v) is 5.93. The Labute approximate surface area is 152 Å². The molecule has 1 aliphatic rings. The lowest BCUT2D eigenvalue weighted by molar-refractivity contribution is -0.136. The highest BCUT2D eigenvalue weighted by atomic mass is 32.2. The number of amides is 1. The van der Waals surface area contributed by atoms with E-state index in [9.17, 15) is 32.8 Å². The normalized spacial score (nSPS) is 14.0. The fraction of sp³-hybridized carbons (Fsp3) is 0.375. The molecule has 3 rings (SSSR count). The number of nitrogens with one attached hydrogen (secondary N) is 2. The molecule has 0 bridgehead atoms. The molecule has 0 aliphatic heterocycles. The number of hydrogen-bond donors (Lipinski definition) is 3. The Bertz CT molecular complexity index is 1190. The van der Waals surface area contributed by atoms with Crippen LogP contribution in [0.4, 0.5) is 0 Å². The van der Waals surface area contributed by atoms with Crippen molar-refractivity contribution in [2.75, 3.05) is 0 Å². The van der Waals surface area contributed by atoms with Crippen molar-refractivity contribution in [1.82, 2.24) is 14.4 Å². The molecule has 1 aromatic carbocycles. The molecule has 0 saturated carbocycles. The maximum absolute atomic E-state index is 12.7. The summed E-state index contributed by atoms with van der Waals surface area (Å²) in [4.78, 5) is 48.7. The van der Waals surface area contributed by atoms with Gasteiger partial charge in [0.2, 0.25) is 5.78 Å². The van der Waals surface area contributed by atoms with E-state index >= 15 is 0 Å². The monoisotopic (exact) mass is 395 g/mol. The van der Waals surface area contributed by atoms with Crippen molar-refractivity contribution in [1.29, 1.82) is 0 Å². The zero-order valence-electron chi connectivity index (χ0n) is 14.4. The van der Waals surface area contributed by atoms with E-state index in [-0.39, 0.29) is 27.1 Å². The average Bonchev–Trinajstić information content (AvgIpc) is 2.64. The van der Waals surface area contributed by atoms with E-state index in [0.717, 1.165) is 12.5 Å². The predicted octanol–water partition coefficient (Wildman–Crippen LogP) is -0.410. The molecule has 2 aromatic rings. The SMILES string of the molecule is CCC(=O)C(=O)NS(=O)(=O)c1cc2c([nH]c(=O)c(=O)n2O)c2c1CCCC2. The molecule has 1 amide bonds. The largest absolute Gasteiger partial charge is 0.425 e. The topological polar surface area (TPSA) is 155 Å². The fourth-order valence-corrected chi connectivity index (χ4v) is 4.49. The minimum absolute atomic E-state index is 0.0844. The summed E-state index contributed by atoms with van der Waals surface area (Å²) in [7, 11) is -4.43. The summed E-state index contributed by atoms with van der Waals surface area (Å²) in [5.74, 6) is -2.15. The standard InChI is InChI=1S/C16H17N3O7S/c1-2-11(20)14(21)18-27(25,26)12-7-10-13(9-6-4-3-5-8(9)12)17-15(22)16(23)19(10)24/h7,24H,2-6H2,1H3,(H,17,22)(H,18,21). The van der Waals surface area contributed by atoms with Crippen LogP contribution in [-0.4, -0.2) is 35.0 Å². The highest BCUT2D eigenvalue weighted by Gasteiger charge is 2.29. The first-order valence-electron chi connectivity index (χ1n) is 8.30. The Morgan fingerprint density at radius 2 is 1.85 bits per heavy atom. The van der Waals surface area contributed by atoms with Crippen molar-refractivity contribution in [3.8, 4) is 0 Å². The second-order valence-corrected chi connectivity index (χ2v) is 7.87. The summed E-state index contributed by atoms with van der Waals surface area (Å²) in [6.07, 6.45) is 2.04. The van der Waals surface area contributed by atoms with Gasteiger partial charge in [0.1, 0.15) is 5.52 Å². The van der Waals surface area contributed by atoms with E-state index in [1.165, 1.54) is 6.92 Å². The van der Waals surface area contributed by atoms with Crippen LogP contribution in [0.1, 0.15) is 37.3 Å². The Morgan fingerprint density at radius 3 is 2.48 bits per heavy atom. The maximum atomic E-state index is 12.7. The lowest BCUT2D eigenvalue weighted by atomic mass is 9.90. The van der Waals surface area contributed by atoms with Crippen LogP contribution in [0, 0.1) is 0 Å². The highest BCUT2D eigenvalue weighted by Crippen LogP contribution is 2.32. The zero-order valence-corrected chi connectivity index (χ0v) is 15.2. The first-order chi connectivity index (χ1) is 12.7. The molecule has 1 heterocycles. The number of H-pyrrole nitrogens is 1. The summed E-state index contributed by atoms with van der Waals surface area (Å²) in [5.41, 5.74) is -1.45. The van der Waals surface area contributed by atoms with Crippen molar-refractivity contribution in [3.05, 3.63) is 37.9 Å². The number of aromatic nitrogens is 2. The van der Waals surface area contributed by atoms with E-state index in [4.69, 9.17) is 0 Å². The Morgan fingerprint density at radius 1 is 1.22 bits per heavy atom. The van der Waals surface area contributed by atoms with Crippen molar-refractivity contribution in [2.45, 2.75) is 43.9 Å². The van der Waals surface area contributed by atoms with E-state index in [1.54, 1.807) is 4.72 Å². The van der Waals surface area contributed by atoms with Crippen LogP contribution < -0.4 is 15.8 Å². The lowest BCUT2D eigenvalue weighted by Gasteiger charge is -2.21. The quantitative estimate of drug-likeness (QED) is 0.469. The van der Waals surface area contributed by atoms with Gasteiger partial charge in [0, 0.05) is 6.42 Å². The molecule has 0 unspecified atom stereocenters. The number of rotatable bonds is 4. The number of sulfonamides is 1. The van der Waals surface area contributed by atoms with E-state index in [0.29, 0.717) is 30.4 Å². The van der Waals surface area contributed by atoms with Crippen molar-refractivity contribution in [2.24, 2.45) is 0 Å². The third kappa shape index (κ3) is 3.14. The van der Waals surface area contributed by atoms with Gasteiger partial charge in [-0.15, -0.1) is 4.73 Å². The first-order valence-corrected chi connectivity index (χ1v) is 9.78. The smallest absolute Gasteiger partial charge is 0.348 e. The van der Waals surface area contributed by atoms with Crippen LogP contribution in [0.2, 0.25) is 0 Å². The first kappa shape index (κ1) is 18.8. The Hall–Kier alpha value is -2.95. The maximum Gasteiger partial charge on any atom is 0.348 e. The number of carbonyl (C=O) groups excluding carboxylic acids is 2. The number of fused-ring (bicyclic) bond motifs is 3. The van der Waals surface area contributed by atoms with Crippen molar-refractivity contribution >= 4 is 32.7 Å². The molecular weight excluding hydrogens is 378 g/mol. The van der Waals surface area contributed by atoms with E-state index in [2.05, 4.69) is 4.98 Å². The van der Waals surface area contributed by atoms with Crippen LogP contribution in [-0.2, 0) is 32.5 Å². The minimum atomic E-state index is -4.43. The van der Waals surface area contributed by atoms with Crippen LogP contribution >= 0.6 is 0 Å². The van der Waals surface area contributed by atoms with Crippen LogP contribution in [0.15, 0.2) is 20.6 Å². The minimum Gasteiger partial charge on any atom is -0.425 e. The number of aryl methyl sites for hydroxylation is 1. The van der Waals surface area contributed by atoms with Gasteiger partial charge < -0.3 is 10.2 Å². The molecule has 11 heteroatoms. The molecule has 0 spiro atoms. The molecule has 0 atom stereocenters. The second-order valence-electron chi connectivity index (χ2n) is 6.22. The summed E-state index contributed by atoms with van der Waals surface area (Å²) >= 11 is 0. The summed E-state index contributed by atoms with van der Waals surface area (Å²) in [6.45, 7) is 1.42. The van der Waals surface area contributed by atoms with Crippen LogP contribution in [0.25, 0.3) is 11.0 Å². The van der Waals surface area contributed by atoms with Crippen LogP contribution in [0.5, 0.6) is 0 Å². The number of nitrogens with zero attached hydrogens (tertiary/aromatic N) is 1. The number of carbonyl (C=O) groups is 2. The number of aromatic amines is 1. The van der Waals surface area contributed by atoms with E-state index in [1.807, 2.05) is 0 Å². The zero-order chi connectivity index (χ0) is 19.9. The number of ketones is 1. The summed E-state index contributed by atoms with van der Waals surface area (Å²) in [5, 5.41) is 9.99. The van der Waals surface area contributed by atoms with E-state index < -0.39 is 32.8 Å². The molecule has 27 heavy (non-hydrogen) atoms. The van der Waals surface area contributed by atoms with Gasteiger partial charge in [0.25, 0.3) is 10.0 Å². The van der Waals surface area contributed by atoms with Gasteiger partial charge in [-0.05, 0) is 42.9 Å². The lowest BCUT2D eigenvalue weighted by Crippen LogP contribution is -2.38. The third-order valence-electron chi connectivity index (χ3n) is 4.54. The molecule has 10 nitrogen and oxygen atoms in total. The van der Waals surface area contributed by atoms with Gasteiger partial charge in [-0.2, -0.15) is 0 Å². The van der Waals surface area contributed by atoms with Crippen molar-refractivity contribution < 1.29 is 23.2 Å². The van der Waals surface area contributed by atoms with Gasteiger partial charge in [-0.25, -0.2) is 13.1 Å². The second kappa shape index (κ2) is 6.65. The van der Waals surface area contributed by atoms with Crippen molar-refractivity contribution in [3.63, 3.8) is 0 Å². The molecule has 1 aromatic heterocycles. The Balaban J connectivity index is 2.30. The molecule has 144 valence electrons. The molecular formula is C16H17N3O7S. The molecule has 1 aliphatic carbocycles. The predicted molar refractivity (Wildman–Crippen MR) is 93.3 cm³/mol. The average molecular weight is 395 g/mol. The number of hydrogen-bond acceptors (Lipinski definition) is 7. The molecule has 0 radical (unpaired) electrons. The number of Topliss-reactive ketones (excluding diaryl/α,β-unsaturated/α-hetero) is 1. The van der Waals surface area contributed by atoms with Gasteiger partial charge >= 0.3 is 17.0 Å². The molecule has 0 fully saturated rings. The van der Waals surface area contributed by atoms with Gasteiger partial charge in [0.15, 0.2) is 0 Å². The Kier molecular flexibility index (Phi) is 4.64. The summed E-state index contributed by atoms with van der Waals surface area (Å²) < 4.78 is 27.2. The van der Waals surface area contributed by atoms with Gasteiger partial charge in [-0.3, -0.25) is 19.2 Å². The van der Waals surface area contributed by atoms with Crippen LogP contribution in [0.3, 0.4) is 0 Å².